The van der Waals surface area contributed by atoms with Gasteiger partial charge in [-0.3, -0.25) is 0 Å². The van der Waals surface area contributed by atoms with E-state index in [1.54, 1.807) is 6.92 Å². The molecule has 1 nitrogen and oxygen atoms in total. The topological polar surface area (TPSA) is 9.23 Å². The first-order valence-corrected chi connectivity index (χ1v) is 9.06. The van der Waals surface area contributed by atoms with Crippen molar-refractivity contribution >= 4 is 0 Å². The van der Waals surface area contributed by atoms with Gasteiger partial charge in [-0.25, -0.2) is 8.78 Å². The average molecular weight is 322 g/mol. The lowest BCUT2D eigenvalue weighted by Crippen LogP contribution is -2.27. The van der Waals surface area contributed by atoms with Gasteiger partial charge in [0.2, 0.25) is 0 Å². The molecule has 0 saturated heterocycles. The van der Waals surface area contributed by atoms with Gasteiger partial charge in [0.05, 0.1) is 6.10 Å². The molecule has 0 N–H and O–H groups in total. The minimum Gasteiger partial charge on any atom is -0.381 e. The summed E-state index contributed by atoms with van der Waals surface area (Å²) in [4.78, 5) is 0. The number of benzene rings is 1. The molecule has 0 aromatic heterocycles. The van der Waals surface area contributed by atoms with Crippen LogP contribution in [-0.4, -0.2) is 13.2 Å². The third kappa shape index (κ3) is 3.76. The smallest absolute Gasteiger partial charge is 0.161 e. The molecule has 128 valence electrons. The molecule has 0 unspecified atom stereocenters. The Morgan fingerprint density at radius 1 is 0.870 bits per heavy atom. The van der Waals surface area contributed by atoms with E-state index in [0.29, 0.717) is 17.6 Å². The fourth-order valence-corrected chi connectivity index (χ4v) is 4.71. The van der Waals surface area contributed by atoms with E-state index in [0.717, 1.165) is 30.2 Å². The van der Waals surface area contributed by atoms with E-state index in [-0.39, 0.29) is 0 Å². The van der Waals surface area contributed by atoms with Gasteiger partial charge >= 0.3 is 0 Å². The van der Waals surface area contributed by atoms with Crippen molar-refractivity contribution in [1.29, 1.82) is 0 Å². The highest BCUT2D eigenvalue weighted by Crippen LogP contribution is 2.43. The maximum absolute atomic E-state index is 13.6. The fourth-order valence-electron chi connectivity index (χ4n) is 4.71. The van der Waals surface area contributed by atoms with Crippen molar-refractivity contribution in [2.45, 2.75) is 70.3 Å². The van der Waals surface area contributed by atoms with Crippen LogP contribution >= 0.6 is 0 Å². The van der Waals surface area contributed by atoms with Gasteiger partial charge in [0.15, 0.2) is 11.6 Å². The molecule has 1 aromatic carbocycles. The fraction of sp³-hybridized carbons (Fsp3) is 0.700. The van der Waals surface area contributed by atoms with Crippen LogP contribution in [0.4, 0.5) is 8.78 Å². The molecule has 0 atom stereocenters. The summed E-state index contributed by atoms with van der Waals surface area (Å²) in [7, 11) is 1.82. The standard InChI is InChI=1S/C20H28F2O/c1-13-11-17(12-19(21)20(13)22)16-5-3-14(4-6-16)15-7-9-18(23-2)10-8-15/h11-12,14-16,18H,3-10H2,1-2H3. The van der Waals surface area contributed by atoms with E-state index in [4.69, 9.17) is 4.74 Å². The zero-order chi connectivity index (χ0) is 16.4. The quantitative estimate of drug-likeness (QED) is 0.688. The Hall–Kier alpha value is -0.960. The van der Waals surface area contributed by atoms with E-state index in [9.17, 15) is 8.78 Å². The van der Waals surface area contributed by atoms with Crippen LogP contribution in [0.25, 0.3) is 0 Å². The van der Waals surface area contributed by atoms with Gasteiger partial charge in [0.1, 0.15) is 0 Å². The summed E-state index contributed by atoms with van der Waals surface area (Å²) >= 11 is 0. The Bertz CT molecular complexity index is 503. The van der Waals surface area contributed by atoms with Crippen LogP contribution in [0.3, 0.4) is 0 Å². The van der Waals surface area contributed by atoms with Crippen LogP contribution < -0.4 is 0 Å². The van der Waals surface area contributed by atoms with Crippen molar-refractivity contribution in [3.63, 3.8) is 0 Å². The molecule has 0 bridgehead atoms. The molecular formula is C20H28F2O. The SMILES string of the molecule is COC1CCC(C2CCC(c3cc(C)c(F)c(F)c3)CC2)CC1. The zero-order valence-corrected chi connectivity index (χ0v) is 14.3. The molecule has 2 aliphatic carbocycles. The van der Waals surface area contributed by atoms with Gasteiger partial charge in [-0.05, 0) is 93.2 Å². The van der Waals surface area contributed by atoms with Crippen molar-refractivity contribution < 1.29 is 13.5 Å². The maximum Gasteiger partial charge on any atom is 0.161 e. The summed E-state index contributed by atoms with van der Waals surface area (Å²) in [6, 6.07) is 3.25. The van der Waals surface area contributed by atoms with Crippen molar-refractivity contribution in [2.24, 2.45) is 11.8 Å². The average Bonchev–Trinajstić information content (AvgIpc) is 2.59. The van der Waals surface area contributed by atoms with Gasteiger partial charge < -0.3 is 4.74 Å². The lowest BCUT2D eigenvalue weighted by Gasteiger charge is -2.37. The summed E-state index contributed by atoms with van der Waals surface area (Å²) in [5, 5.41) is 0. The van der Waals surface area contributed by atoms with Crippen molar-refractivity contribution in [3.8, 4) is 0 Å². The van der Waals surface area contributed by atoms with Crippen molar-refractivity contribution in [2.75, 3.05) is 7.11 Å². The summed E-state index contributed by atoms with van der Waals surface area (Å²) < 4.78 is 32.6. The van der Waals surface area contributed by atoms with Crippen LogP contribution in [0.15, 0.2) is 12.1 Å². The number of methoxy groups -OCH3 is 1. The Labute approximate surface area is 138 Å². The van der Waals surface area contributed by atoms with E-state index in [1.807, 2.05) is 13.2 Å². The van der Waals surface area contributed by atoms with Crippen LogP contribution in [-0.2, 0) is 4.74 Å². The van der Waals surface area contributed by atoms with Gasteiger partial charge in [-0.15, -0.1) is 0 Å². The molecule has 23 heavy (non-hydrogen) atoms. The van der Waals surface area contributed by atoms with E-state index >= 15 is 0 Å². The van der Waals surface area contributed by atoms with Crippen LogP contribution in [0.1, 0.15) is 68.4 Å². The second kappa shape index (κ2) is 7.29. The minimum atomic E-state index is -0.697. The Morgan fingerprint density at radius 2 is 1.43 bits per heavy atom. The molecule has 3 rings (SSSR count). The third-order valence-corrected chi connectivity index (χ3v) is 6.19. The molecule has 1 aromatic rings. The number of halogens is 2. The second-order valence-electron chi connectivity index (χ2n) is 7.52. The van der Waals surface area contributed by atoms with Gasteiger partial charge in [-0.2, -0.15) is 0 Å². The zero-order valence-electron chi connectivity index (χ0n) is 14.3. The van der Waals surface area contributed by atoms with Crippen molar-refractivity contribution in [3.05, 3.63) is 34.9 Å². The number of aryl methyl sites for hydroxylation is 1. The van der Waals surface area contributed by atoms with Crippen LogP contribution in [0.2, 0.25) is 0 Å². The molecular weight excluding hydrogens is 294 g/mol. The summed E-state index contributed by atoms with van der Waals surface area (Å²) in [5.74, 6) is 0.664. The maximum atomic E-state index is 13.6. The van der Waals surface area contributed by atoms with Crippen molar-refractivity contribution in [1.82, 2.24) is 0 Å². The molecule has 2 fully saturated rings. The van der Waals surface area contributed by atoms with Gasteiger partial charge in [0.25, 0.3) is 0 Å². The molecule has 0 heterocycles. The lowest BCUT2D eigenvalue weighted by atomic mass is 9.69. The van der Waals surface area contributed by atoms with Gasteiger partial charge in [0, 0.05) is 7.11 Å². The van der Waals surface area contributed by atoms with Crippen LogP contribution in [0.5, 0.6) is 0 Å². The highest BCUT2D eigenvalue weighted by atomic mass is 19.2. The molecule has 3 heteroatoms. The number of ether oxygens (including phenoxy) is 1. The lowest BCUT2D eigenvalue weighted by molar-refractivity contribution is 0.0410. The molecule has 2 aliphatic rings. The van der Waals surface area contributed by atoms with Gasteiger partial charge in [-0.1, -0.05) is 6.07 Å². The molecule has 2 saturated carbocycles. The summed E-state index contributed by atoms with van der Waals surface area (Å²) in [6.45, 7) is 1.65. The monoisotopic (exact) mass is 322 g/mol. The molecule has 0 amide bonds. The first-order chi connectivity index (χ1) is 11.1. The Morgan fingerprint density at radius 3 is 1.96 bits per heavy atom. The summed E-state index contributed by atoms with van der Waals surface area (Å²) in [6.07, 6.45) is 10.1. The Kier molecular flexibility index (Phi) is 5.35. The normalized spacial score (nSPS) is 32.0. The number of hydrogen-bond acceptors (Lipinski definition) is 1. The molecule has 0 aliphatic heterocycles. The predicted octanol–water partition coefficient (Wildman–Crippen LogP) is 5.75. The third-order valence-electron chi connectivity index (χ3n) is 6.19. The summed E-state index contributed by atoms with van der Waals surface area (Å²) in [5.41, 5.74) is 1.42. The number of rotatable bonds is 3. The van der Waals surface area contributed by atoms with E-state index < -0.39 is 11.6 Å². The van der Waals surface area contributed by atoms with Crippen LogP contribution in [0, 0.1) is 30.4 Å². The Balaban J connectivity index is 1.56. The first-order valence-electron chi connectivity index (χ1n) is 9.06. The highest BCUT2D eigenvalue weighted by molar-refractivity contribution is 5.28. The second-order valence-corrected chi connectivity index (χ2v) is 7.52. The van der Waals surface area contributed by atoms with E-state index in [1.165, 1.54) is 44.6 Å². The molecule has 0 spiro atoms. The minimum absolute atomic E-state index is 0.398. The van der Waals surface area contributed by atoms with E-state index in [2.05, 4.69) is 0 Å². The highest BCUT2D eigenvalue weighted by Gasteiger charge is 2.31. The predicted molar refractivity (Wildman–Crippen MR) is 88.5 cm³/mol. The first kappa shape index (κ1) is 16.9. The molecule has 0 radical (unpaired) electrons. The largest absolute Gasteiger partial charge is 0.381 e. The number of hydrogen-bond donors (Lipinski definition) is 0.